The van der Waals surface area contributed by atoms with Gasteiger partial charge < -0.3 is 19.9 Å². The molecule has 1 aliphatic carbocycles. The number of rotatable bonds is 9. The molecule has 1 fully saturated rings. The minimum absolute atomic E-state index is 0.0000902. The predicted octanol–water partition coefficient (Wildman–Crippen LogP) is 3.55. The van der Waals surface area contributed by atoms with Crippen LogP contribution in [-0.2, 0) is 19.1 Å². The van der Waals surface area contributed by atoms with Crippen molar-refractivity contribution in [2.24, 2.45) is 11.8 Å². The van der Waals surface area contributed by atoms with Crippen molar-refractivity contribution < 1.29 is 29.0 Å². The summed E-state index contributed by atoms with van der Waals surface area (Å²) in [5.41, 5.74) is -1.90. The Morgan fingerprint density at radius 1 is 1.07 bits per heavy atom. The minimum atomic E-state index is -1.22. The van der Waals surface area contributed by atoms with Gasteiger partial charge in [0.05, 0.1) is 18.1 Å². The number of ether oxygens (including phenoxy) is 2. The third-order valence-electron chi connectivity index (χ3n) is 4.69. The number of nitrogens with one attached hydrogen (secondary N) is 1. The first-order chi connectivity index (χ1) is 12.4. The second-order valence-electron chi connectivity index (χ2n) is 8.96. The molecule has 0 spiro atoms. The fourth-order valence-electron chi connectivity index (χ4n) is 3.06. The van der Waals surface area contributed by atoms with E-state index in [1.807, 2.05) is 0 Å². The van der Waals surface area contributed by atoms with Gasteiger partial charge in [0.15, 0.2) is 5.78 Å². The molecule has 1 amide bonds. The number of ketones is 1. The summed E-state index contributed by atoms with van der Waals surface area (Å²) in [6, 6.07) is 0. The normalized spacial score (nSPS) is 17.2. The van der Waals surface area contributed by atoms with E-state index in [1.165, 1.54) is 19.3 Å². The minimum Gasteiger partial charge on any atom is -0.481 e. The fourth-order valence-corrected chi connectivity index (χ4v) is 3.06. The second-order valence-corrected chi connectivity index (χ2v) is 8.96. The second kappa shape index (κ2) is 10.1. The summed E-state index contributed by atoms with van der Waals surface area (Å²) >= 11 is 0. The highest BCUT2D eigenvalue weighted by molar-refractivity contribution is 5.93. The van der Waals surface area contributed by atoms with Gasteiger partial charge in [-0.2, -0.15) is 0 Å². The molecule has 0 unspecified atom stereocenters. The molecule has 2 N–H and O–H groups in total. The molecule has 1 aliphatic rings. The van der Waals surface area contributed by atoms with Crippen LogP contribution in [0.5, 0.6) is 0 Å². The molecule has 0 saturated heterocycles. The maximum atomic E-state index is 12.6. The number of hydrogen-bond acceptors (Lipinski definition) is 5. The Labute approximate surface area is 162 Å². The van der Waals surface area contributed by atoms with E-state index in [0.717, 1.165) is 12.8 Å². The molecule has 0 radical (unpaired) electrons. The highest BCUT2D eigenvalue weighted by Gasteiger charge is 2.34. The zero-order valence-corrected chi connectivity index (χ0v) is 17.3. The van der Waals surface area contributed by atoms with Crippen LogP contribution in [0.25, 0.3) is 0 Å². The average molecular weight is 386 g/mol. The van der Waals surface area contributed by atoms with Crippen molar-refractivity contribution in [3.63, 3.8) is 0 Å². The molecule has 156 valence electrons. The molecule has 0 bridgehead atoms. The fraction of sp³-hybridized carbons (Fsp3) is 0.850. The van der Waals surface area contributed by atoms with E-state index in [4.69, 9.17) is 9.47 Å². The van der Waals surface area contributed by atoms with Gasteiger partial charge in [-0.3, -0.25) is 9.59 Å². The monoisotopic (exact) mass is 385 g/mol. The molecule has 0 aromatic rings. The van der Waals surface area contributed by atoms with Crippen LogP contribution < -0.4 is 5.32 Å². The predicted molar refractivity (Wildman–Crippen MR) is 102 cm³/mol. The maximum Gasteiger partial charge on any atom is 0.408 e. The lowest BCUT2D eigenvalue weighted by Crippen LogP contribution is -2.52. The van der Waals surface area contributed by atoms with Crippen LogP contribution in [0.4, 0.5) is 4.79 Å². The summed E-state index contributed by atoms with van der Waals surface area (Å²) in [5, 5.41) is 11.9. The van der Waals surface area contributed by atoms with Gasteiger partial charge in [0, 0.05) is 13.0 Å². The van der Waals surface area contributed by atoms with E-state index >= 15 is 0 Å². The first-order valence-electron chi connectivity index (χ1n) is 9.76. The van der Waals surface area contributed by atoms with Crippen LogP contribution in [0.1, 0.15) is 73.1 Å². The van der Waals surface area contributed by atoms with Gasteiger partial charge >= 0.3 is 12.1 Å². The molecule has 1 saturated carbocycles. The molecule has 7 nitrogen and oxygen atoms in total. The van der Waals surface area contributed by atoms with Gasteiger partial charge in [0.2, 0.25) is 0 Å². The lowest BCUT2D eigenvalue weighted by Gasteiger charge is -2.28. The maximum absolute atomic E-state index is 12.6. The number of amides is 1. The van der Waals surface area contributed by atoms with Crippen LogP contribution in [0.2, 0.25) is 0 Å². The molecule has 27 heavy (non-hydrogen) atoms. The van der Waals surface area contributed by atoms with Gasteiger partial charge in [-0.25, -0.2) is 4.79 Å². The Hall–Kier alpha value is -1.63. The van der Waals surface area contributed by atoms with Crippen LogP contribution in [0, 0.1) is 11.8 Å². The first kappa shape index (κ1) is 23.4. The van der Waals surface area contributed by atoms with Gasteiger partial charge in [0.25, 0.3) is 0 Å². The van der Waals surface area contributed by atoms with Crippen molar-refractivity contribution in [1.29, 1.82) is 0 Å². The van der Waals surface area contributed by atoms with Crippen molar-refractivity contribution in [3.8, 4) is 0 Å². The molecule has 7 heteroatoms. The Morgan fingerprint density at radius 2 is 1.67 bits per heavy atom. The van der Waals surface area contributed by atoms with Crippen molar-refractivity contribution in [2.75, 3.05) is 13.2 Å². The summed E-state index contributed by atoms with van der Waals surface area (Å²) in [6.07, 6.45) is 4.96. The Bertz CT molecular complexity index is 517. The van der Waals surface area contributed by atoms with Gasteiger partial charge in [-0.05, 0) is 53.4 Å². The van der Waals surface area contributed by atoms with Crippen molar-refractivity contribution in [2.45, 2.75) is 84.3 Å². The average Bonchev–Trinajstić information content (AvgIpc) is 2.52. The van der Waals surface area contributed by atoms with E-state index in [1.54, 1.807) is 34.6 Å². The number of hydrogen-bond donors (Lipinski definition) is 2. The quantitative estimate of drug-likeness (QED) is 0.629. The molecular weight excluding hydrogens is 350 g/mol. The Kier molecular flexibility index (Phi) is 8.72. The molecule has 0 aliphatic heterocycles. The third-order valence-corrected chi connectivity index (χ3v) is 4.69. The van der Waals surface area contributed by atoms with E-state index in [2.05, 4.69) is 5.32 Å². The van der Waals surface area contributed by atoms with Crippen LogP contribution in [0.15, 0.2) is 0 Å². The van der Waals surface area contributed by atoms with Crippen molar-refractivity contribution >= 4 is 17.8 Å². The summed E-state index contributed by atoms with van der Waals surface area (Å²) in [5.74, 6) is -1.89. The summed E-state index contributed by atoms with van der Waals surface area (Å²) < 4.78 is 10.8. The molecule has 1 atom stereocenters. The van der Waals surface area contributed by atoms with Crippen LogP contribution >= 0.6 is 0 Å². The number of aliphatic carboxylic acids is 1. The number of carbonyl (C=O) groups is 3. The zero-order chi connectivity index (χ0) is 20.7. The number of alkyl carbamates (subject to hydrolysis) is 1. The summed E-state index contributed by atoms with van der Waals surface area (Å²) in [7, 11) is 0. The van der Waals surface area contributed by atoms with Crippen LogP contribution in [-0.4, -0.2) is 47.3 Å². The van der Waals surface area contributed by atoms with E-state index < -0.39 is 29.1 Å². The molecule has 0 aromatic heterocycles. The number of Topliss-reactive ketones (excluding diaryl/α,β-unsaturated/α-hetero) is 1. The number of carboxylic acid groups (broad SMARTS) is 1. The first-order valence-corrected chi connectivity index (χ1v) is 9.76. The highest BCUT2D eigenvalue weighted by atomic mass is 16.6. The Balaban J connectivity index is 2.52. The summed E-state index contributed by atoms with van der Waals surface area (Å²) in [4.78, 5) is 36.0. The summed E-state index contributed by atoms with van der Waals surface area (Å²) in [6.45, 7) is 8.81. The van der Waals surface area contributed by atoms with Crippen LogP contribution in [0.3, 0.4) is 0 Å². The molecule has 1 rings (SSSR count). The standard InChI is InChI=1S/C20H35NO6/c1-19(2,3)27-18(25)21-20(4,5)16(22)11-15(17(23)24)13-26-12-14-9-7-6-8-10-14/h14-15H,6-13H2,1-5H3,(H,21,25)(H,23,24)/t15-/m1/s1. The molecule has 0 aromatic carbocycles. The number of carbonyl (C=O) groups excluding carboxylic acids is 2. The Morgan fingerprint density at radius 3 is 2.19 bits per heavy atom. The zero-order valence-electron chi connectivity index (χ0n) is 17.3. The third kappa shape index (κ3) is 9.22. The SMILES string of the molecule is CC(C)(C)OC(=O)NC(C)(C)C(=O)C[C@H](COCC1CCCCC1)C(=O)O. The molecular formula is C20H35NO6. The smallest absolute Gasteiger partial charge is 0.408 e. The number of carboxylic acids is 1. The van der Waals surface area contributed by atoms with Crippen molar-refractivity contribution in [1.82, 2.24) is 5.32 Å². The van der Waals surface area contributed by atoms with E-state index in [9.17, 15) is 19.5 Å². The topological polar surface area (TPSA) is 102 Å². The highest BCUT2D eigenvalue weighted by Crippen LogP contribution is 2.24. The van der Waals surface area contributed by atoms with Gasteiger partial charge in [0.1, 0.15) is 5.60 Å². The van der Waals surface area contributed by atoms with Crippen molar-refractivity contribution in [3.05, 3.63) is 0 Å². The largest absolute Gasteiger partial charge is 0.481 e. The lowest BCUT2D eigenvalue weighted by molar-refractivity contribution is -0.147. The molecule has 0 heterocycles. The lowest BCUT2D eigenvalue weighted by atomic mass is 9.89. The van der Waals surface area contributed by atoms with Gasteiger partial charge in [-0.15, -0.1) is 0 Å². The van der Waals surface area contributed by atoms with Gasteiger partial charge in [-0.1, -0.05) is 19.3 Å². The van der Waals surface area contributed by atoms with E-state index in [0.29, 0.717) is 12.5 Å². The van der Waals surface area contributed by atoms with E-state index in [-0.39, 0.29) is 18.8 Å².